The Morgan fingerprint density at radius 3 is 2.90 bits per heavy atom. The molecule has 1 fully saturated rings. The summed E-state index contributed by atoms with van der Waals surface area (Å²) in [7, 11) is 0. The lowest BCUT2D eigenvalue weighted by molar-refractivity contribution is 0.0687. The molecule has 2 aromatic rings. The van der Waals surface area contributed by atoms with Crippen molar-refractivity contribution < 1.29 is 9.53 Å². The first-order valence-electron chi connectivity index (χ1n) is 7.75. The molecule has 21 heavy (non-hydrogen) atoms. The van der Waals surface area contributed by atoms with Crippen LogP contribution in [0.5, 0.6) is 5.75 Å². The number of ketones is 1. The molecule has 4 rings (SSSR count). The average Bonchev–Trinajstić information content (AvgIpc) is 2.55. The largest absolute Gasteiger partial charge is 0.489 e. The van der Waals surface area contributed by atoms with E-state index in [1.54, 1.807) is 0 Å². The third kappa shape index (κ3) is 2.22. The van der Waals surface area contributed by atoms with Crippen molar-refractivity contribution in [1.29, 1.82) is 0 Å². The van der Waals surface area contributed by atoms with E-state index < -0.39 is 0 Å². The Labute approximate surface area is 124 Å². The topological polar surface area (TPSA) is 38.3 Å². The van der Waals surface area contributed by atoms with E-state index in [-0.39, 0.29) is 11.9 Å². The fourth-order valence-electron chi connectivity index (χ4n) is 3.59. The Kier molecular flexibility index (Phi) is 3.15. The molecule has 0 amide bonds. The van der Waals surface area contributed by atoms with E-state index in [1.165, 1.54) is 6.42 Å². The first-order chi connectivity index (χ1) is 10.3. The molecule has 2 heterocycles. The number of Topliss-reactive ketones (excluding diaryl/α,β-unsaturated/α-hetero) is 1. The molecule has 108 valence electrons. The highest BCUT2D eigenvalue weighted by Gasteiger charge is 2.33. The van der Waals surface area contributed by atoms with E-state index >= 15 is 0 Å². The van der Waals surface area contributed by atoms with Crippen molar-refractivity contribution in [3.05, 3.63) is 42.0 Å². The van der Waals surface area contributed by atoms with Crippen LogP contribution in [0.1, 0.15) is 29.6 Å². The van der Waals surface area contributed by atoms with E-state index in [2.05, 4.69) is 5.32 Å². The third-order valence-corrected chi connectivity index (χ3v) is 4.70. The summed E-state index contributed by atoms with van der Waals surface area (Å²) in [6.07, 6.45) is 2.85. The van der Waals surface area contributed by atoms with Gasteiger partial charge in [0.1, 0.15) is 11.9 Å². The molecule has 0 saturated carbocycles. The molecule has 1 saturated heterocycles. The number of carbonyl (C=O) groups excluding carboxylic acids is 1. The highest BCUT2D eigenvalue weighted by Crippen LogP contribution is 2.36. The van der Waals surface area contributed by atoms with Crippen LogP contribution in [0.2, 0.25) is 0 Å². The predicted molar refractivity (Wildman–Crippen MR) is 82.9 cm³/mol. The van der Waals surface area contributed by atoms with Gasteiger partial charge in [0, 0.05) is 18.9 Å². The molecule has 0 aromatic heterocycles. The molecule has 1 N–H and O–H groups in total. The SMILES string of the molecule is O=C1C[C@@H]([C@@H]2CCCNC2)Oc2ccc3ccccc3c21. The van der Waals surface area contributed by atoms with Gasteiger partial charge in [-0.15, -0.1) is 0 Å². The average molecular weight is 281 g/mol. The second-order valence-electron chi connectivity index (χ2n) is 6.05. The second-order valence-corrected chi connectivity index (χ2v) is 6.05. The van der Waals surface area contributed by atoms with Crippen molar-refractivity contribution in [3.63, 3.8) is 0 Å². The molecular weight excluding hydrogens is 262 g/mol. The van der Waals surface area contributed by atoms with Crippen LogP contribution >= 0.6 is 0 Å². The van der Waals surface area contributed by atoms with E-state index in [9.17, 15) is 4.79 Å². The van der Waals surface area contributed by atoms with Gasteiger partial charge in [-0.25, -0.2) is 0 Å². The summed E-state index contributed by atoms with van der Waals surface area (Å²) in [5.41, 5.74) is 0.771. The molecule has 0 aliphatic carbocycles. The van der Waals surface area contributed by atoms with Crippen LogP contribution in [0, 0.1) is 5.92 Å². The van der Waals surface area contributed by atoms with Gasteiger partial charge < -0.3 is 10.1 Å². The lowest BCUT2D eigenvalue weighted by atomic mass is 9.86. The lowest BCUT2D eigenvalue weighted by Gasteiger charge is -2.34. The molecule has 0 spiro atoms. The van der Waals surface area contributed by atoms with Gasteiger partial charge in [0.15, 0.2) is 5.78 Å². The number of fused-ring (bicyclic) bond motifs is 3. The molecular formula is C18H19NO2. The van der Waals surface area contributed by atoms with Crippen LogP contribution in [0.4, 0.5) is 0 Å². The maximum Gasteiger partial charge on any atom is 0.170 e. The zero-order valence-electron chi connectivity index (χ0n) is 12.0. The van der Waals surface area contributed by atoms with Crippen molar-refractivity contribution in [2.45, 2.75) is 25.4 Å². The monoisotopic (exact) mass is 281 g/mol. The number of benzene rings is 2. The van der Waals surface area contributed by atoms with Gasteiger partial charge in [-0.1, -0.05) is 30.3 Å². The summed E-state index contributed by atoms with van der Waals surface area (Å²) in [6, 6.07) is 12.0. The van der Waals surface area contributed by atoms with Crippen LogP contribution in [0.3, 0.4) is 0 Å². The van der Waals surface area contributed by atoms with Crippen molar-refractivity contribution in [3.8, 4) is 5.75 Å². The Hall–Kier alpha value is -1.87. The predicted octanol–water partition coefficient (Wildman–Crippen LogP) is 3.17. The van der Waals surface area contributed by atoms with Crippen LogP contribution in [0.25, 0.3) is 10.8 Å². The minimum absolute atomic E-state index is 0.0268. The van der Waals surface area contributed by atoms with Gasteiger partial charge in [0.05, 0.1) is 5.56 Å². The molecule has 2 atom stereocenters. The molecule has 2 aromatic carbocycles. The molecule has 0 bridgehead atoms. The number of hydrogen-bond acceptors (Lipinski definition) is 3. The minimum atomic E-state index is 0.0268. The zero-order valence-corrected chi connectivity index (χ0v) is 12.0. The number of carbonyl (C=O) groups is 1. The summed E-state index contributed by atoms with van der Waals surface area (Å²) in [5.74, 6) is 1.44. The summed E-state index contributed by atoms with van der Waals surface area (Å²) in [4.78, 5) is 12.7. The van der Waals surface area contributed by atoms with Gasteiger partial charge in [0.25, 0.3) is 0 Å². The van der Waals surface area contributed by atoms with Gasteiger partial charge in [-0.05, 0) is 36.2 Å². The summed E-state index contributed by atoms with van der Waals surface area (Å²) in [6.45, 7) is 2.04. The number of piperidine rings is 1. The fraction of sp³-hybridized carbons (Fsp3) is 0.389. The molecule has 2 aliphatic heterocycles. The van der Waals surface area contributed by atoms with Gasteiger partial charge in [0.2, 0.25) is 0 Å². The quantitative estimate of drug-likeness (QED) is 0.872. The second kappa shape index (κ2) is 5.15. The maximum atomic E-state index is 12.7. The summed E-state index contributed by atoms with van der Waals surface area (Å²) >= 11 is 0. The van der Waals surface area contributed by atoms with E-state index in [0.29, 0.717) is 12.3 Å². The Morgan fingerprint density at radius 2 is 2.05 bits per heavy atom. The molecule has 3 heteroatoms. The van der Waals surface area contributed by atoms with E-state index in [0.717, 1.165) is 41.6 Å². The van der Waals surface area contributed by atoms with E-state index in [4.69, 9.17) is 4.74 Å². The number of nitrogens with one attached hydrogen (secondary N) is 1. The van der Waals surface area contributed by atoms with Crippen molar-refractivity contribution in [1.82, 2.24) is 5.32 Å². The molecule has 0 unspecified atom stereocenters. The third-order valence-electron chi connectivity index (χ3n) is 4.70. The number of hydrogen-bond donors (Lipinski definition) is 1. The molecule has 2 aliphatic rings. The highest BCUT2D eigenvalue weighted by molar-refractivity contribution is 6.11. The lowest BCUT2D eigenvalue weighted by Crippen LogP contribution is -2.42. The first-order valence-corrected chi connectivity index (χ1v) is 7.75. The van der Waals surface area contributed by atoms with Gasteiger partial charge in [-0.3, -0.25) is 4.79 Å². The standard InChI is InChI=1S/C18H19NO2/c20-15-10-17(13-5-3-9-19-11-13)21-16-8-7-12-4-1-2-6-14(12)18(15)16/h1-2,4,6-8,13,17,19H,3,5,9-11H2/t13-,17+/m1/s1. The van der Waals surface area contributed by atoms with Crippen LogP contribution in [-0.4, -0.2) is 25.0 Å². The van der Waals surface area contributed by atoms with E-state index in [1.807, 2.05) is 36.4 Å². The van der Waals surface area contributed by atoms with Crippen molar-refractivity contribution >= 4 is 16.6 Å². The van der Waals surface area contributed by atoms with Crippen molar-refractivity contribution in [2.24, 2.45) is 5.92 Å². The fourth-order valence-corrected chi connectivity index (χ4v) is 3.59. The number of rotatable bonds is 1. The molecule has 3 nitrogen and oxygen atoms in total. The van der Waals surface area contributed by atoms with Crippen molar-refractivity contribution in [2.75, 3.05) is 13.1 Å². The Balaban J connectivity index is 1.72. The van der Waals surface area contributed by atoms with Gasteiger partial charge >= 0.3 is 0 Å². The first kappa shape index (κ1) is 12.8. The normalized spacial score (nSPS) is 25.4. The zero-order chi connectivity index (χ0) is 14.2. The summed E-state index contributed by atoms with van der Waals surface area (Å²) in [5, 5.41) is 5.53. The summed E-state index contributed by atoms with van der Waals surface area (Å²) < 4.78 is 6.19. The maximum absolute atomic E-state index is 12.7. The van der Waals surface area contributed by atoms with Gasteiger partial charge in [-0.2, -0.15) is 0 Å². The Bertz CT molecular complexity index is 689. The molecule has 0 radical (unpaired) electrons. The Morgan fingerprint density at radius 1 is 1.14 bits per heavy atom. The van der Waals surface area contributed by atoms with Crippen LogP contribution in [0.15, 0.2) is 36.4 Å². The smallest absolute Gasteiger partial charge is 0.170 e. The number of ether oxygens (including phenoxy) is 1. The minimum Gasteiger partial charge on any atom is -0.489 e. The van der Waals surface area contributed by atoms with Crippen LogP contribution in [-0.2, 0) is 0 Å². The highest BCUT2D eigenvalue weighted by atomic mass is 16.5. The van der Waals surface area contributed by atoms with Crippen LogP contribution < -0.4 is 10.1 Å².